The summed E-state index contributed by atoms with van der Waals surface area (Å²) in [6, 6.07) is 7.89. The number of amides is 1. The van der Waals surface area contributed by atoms with E-state index in [0.29, 0.717) is 0 Å². The summed E-state index contributed by atoms with van der Waals surface area (Å²) < 4.78 is 0. The van der Waals surface area contributed by atoms with Gasteiger partial charge in [-0.2, -0.15) is 5.10 Å². The molecular formula is C15H11ClN4O5. The molecule has 0 aliphatic carbocycles. The fourth-order valence-corrected chi connectivity index (χ4v) is 2.20. The first-order valence-corrected chi connectivity index (χ1v) is 7.20. The Balaban J connectivity index is 2.19. The Morgan fingerprint density at radius 2 is 1.92 bits per heavy atom. The molecule has 2 aromatic carbocycles. The summed E-state index contributed by atoms with van der Waals surface area (Å²) >= 11 is 5.91. The molecule has 25 heavy (non-hydrogen) atoms. The van der Waals surface area contributed by atoms with Crippen LogP contribution in [0.25, 0.3) is 0 Å². The normalized spacial score (nSPS) is 10.6. The summed E-state index contributed by atoms with van der Waals surface area (Å²) in [4.78, 5) is 32.6. The van der Waals surface area contributed by atoms with Crippen molar-refractivity contribution < 1.29 is 14.6 Å². The summed E-state index contributed by atoms with van der Waals surface area (Å²) in [5.74, 6) is -0.654. The highest BCUT2D eigenvalue weighted by Crippen LogP contribution is 2.22. The van der Waals surface area contributed by atoms with Gasteiger partial charge in [-0.05, 0) is 19.1 Å². The van der Waals surface area contributed by atoms with E-state index in [9.17, 15) is 25.0 Å². The molecule has 0 saturated carbocycles. The Hall–Kier alpha value is -3.33. The predicted octanol–water partition coefficient (Wildman–Crippen LogP) is 3.23. The maximum absolute atomic E-state index is 12.1. The number of benzene rings is 2. The maximum Gasteiger partial charge on any atom is 0.273 e. The van der Waals surface area contributed by atoms with Crippen LogP contribution in [-0.2, 0) is 0 Å². The van der Waals surface area contributed by atoms with Gasteiger partial charge in [0.2, 0.25) is 0 Å². The Morgan fingerprint density at radius 3 is 2.56 bits per heavy atom. The van der Waals surface area contributed by atoms with E-state index in [1.54, 1.807) is 0 Å². The number of nitrogens with zero attached hydrogens (tertiary/aromatic N) is 3. The van der Waals surface area contributed by atoms with E-state index in [2.05, 4.69) is 10.5 Å². The zero-order chi connectivity index (χ0) is 18.6. The Bertz CT molecular complexity index is 897. The van der Waals surface area contributed by atoms with Gasteiger partial charge in [0.05, 0.1) is 21.6 Å². The molecule has 0 fully saturated rings. The largest absolute Gasteiger partial charge is 0.273 e. The van der Waals surface area contributed by atoms with Crippen LogP contribution in [-0.4, -0.2) is 22.0 Å². The van der Waals surface area contributed by atoms with Gasteiger partial charge in [0.15, 0.2) is 0 Å². The fraction of sp³-hybridized carbons (Fsp3) is 0.0667. The second-order valence-electron chi connectivity index (χ2n) is 4.87. The monoisotopic (exact) mass is 362 g/mol. The van der Waals surface area contributed by atoms with Crippen LogP contribution < -0.4 is 5.43 Å². The van der Waals surface area contributed by atoms with Crippen LogP contribution in [0.15, 0.2) is 41.5 Å². The van der Waals surface area contributed by atoms with Crippen molar-refractivity contribution in [2.45, 2.75) is 6.92 Å². The highest BCUT2D eigenvalue weighted by atomic mass is 35.5. The SMILES string of the molecule is Cc1c(C(=O)N/N=C\c2cc([N+](=O)[O-])ccc2Cl)cccc1[N+](=O)[O-]. The smallest absolute Gasteiger partial charge is 0.267 e. The van der Waals surface area contributed by atoms with Gasteiger partial charge in [-0.1, -0.05) is 17.7 Å². The van der Waals surface area contributed by atoms with Crippen LogP contribution in [0.1, 0.15) is 21.5 Å². The minimum absolute atomic E-state index is 0.0940. The molecule has 0 saturated heterocycles. The summed E-state index contributed by atoms with van der Waals surface area (Å²) in [6.45, 7) is 1.45. The number of hydrogen-bond acceptors (Lipinski definition) is 6. The van der Waals surface area contributed by atoms with E-state index in [4.69, 9.17) is 11.6 Å². The van der Waals surface area contributed by atoms with Crippen LogP contribution in [0, 0.1) is 27.2 Å². The van der Waals surface area contributed by atoms with Gasteiger partial charge in [0.1, 0.15) is 0 Å². The quantitative estimate of drug-likeness (QED) is 0.496. The van der Waals surface area contributed by atoms with E-state index in [1.807, 2.05) is 0 Å². The first-order chi connectivity index (χ1) is 11.8. The van der Waals surface area contributed by atoms with Crippen molar-refractivity contribution in [3.8, 4) is 0 Å². The Kier molecular flexibility index (Phi) is 5.40. The molecule has 0 aromatic heterocycles. The second-order valence-corrected chi connectivity index (χ2v) is 5.28. The lowest BCUT2D eigenvalue weighted by atomic mass is 10.1. The number of non-ortho nitro benzene ring substituents is 1. The summed E-state index contributed by atoms with van der Waals surface area (Å²) in [5.41, 5.74) is 2.39. The fourth-order valence-electron chi connectivity index (χ4n) is 2.03. The molecule has 0 aliphatic heterocycles. The van der Waals surface area contributed by atoms with Crippen LogP contribution in [0.2, 0.25) is 5.02 Å². The van der Waals surface area contributed by atoms with Gasteiger partial charge >= 0.3 is 0 Å². The number of nitrogens with one attached hydrogen (secondary N) is 1. The second kappa shape index (κ2) is 7.49. The van der Waals surface area contributed by atoms with E-state index >= 15 is 0 Å². The van der Waals surface area contributed by atoms with Crippen LogP contribution in [0.3, 0.4) is 0 Å². The first kappa shape index (κ1) is 18.0. The molecule has 9 nitrogen and oxygen atoms in total. The summed E-state index contributed by atoms with van der Waals surface area (Å²) in [6.07, 6.45) is 1.15. The Morgan fingerprint density at radius 1 is 1.20 bits per heavy atom. The van der Waals surface area contributed by atoms with E-state index in [-0.39, 0.29) is 33.1 Å². The topological polar surface area (TPSA) is 128 Å². The third kappa shape index (κ3) is 4.15. The lowest BCUT2D eigenvalue weighted by Gasteiger charge is -2.04. The van der Waals surface area contributed by atoms with Gasteiger partial charge in [-0.15, -0.1) is 0 Å². The van der Waals surface area contributed by atoms with E-state index in [0.717, 1.165) is 6.21 Å². The highest BCUT2D eigenvalue weighted by Gasteiger charge is 2.17. The first-order valence-electron chi connectivity index (χ1n) is 6.82. The van der Waals surface area contributed by atoms with Crippen molar-refractivity contribution in [1.29, 1.82) is 0 Å². The number of hydrazone groups is 1. The molecule has 0 unspecified atom stereocenters. The van der Waals surface area contributed by atoms with Crippen molar-refractivity contribution in [1.82, 2.24) is 5.43 Å². The molecule has 0 atom stereocenters. The minimum atomic E-state index is -0.654. The Labute approximate surface area is 146 Å². The summed E-state index contributed by atoms with van der Waals surface area (Å²) in [5, 5.41) is 25.6. The summed E-state index contributed by atoms with van der Waals surface area (Å²) in [7, 11) is 0. The van der Waals surface area contributed by atoms with Crippen molar-refractivity contribution >= 4 is 35.1 Å². The van der Waals surface area contributed by atoms with Gasteiger partial charge in [0.25, 0.3) is 17.3 Å². The molecule has 0 spiro atoms. The van der Waals surface area contributed by atoms with Gasteiger partial charge < -0.3 is 0 Å². The lowest BCUT2D eigenvalue weighted by molar-refractivity contribution is -0.385. The molecule has 1 amide bonds. The number of nitro groups is 2. The molecule has 0 radical (unpaired) electrons. The molecule has 0 bridgehead atoms. The van der Waals surface area contributed by atoms with Crippen LogP contribution in [0.4, 0.5) is 11.4 Å². The molecular weight excluding hydrogens is 352 g/mol. The van der Waals surface area contributed by atoms with Gasteiger partial charge in [-0.3, -0.25) is 25.0 Å². The molecule has 10 heteroatoms. The minimum Gasteiger partial charge on any atom is -0.267 e. The number of halogens is 1. The number of rotatable bonds is 5. The highest BCUT2D eigenvalue weighted by molar-refractivity contribution is 6.33. The van der Waals surface area contributed by atoms with Crippen molar-refractivity contribution in [3.05, 3.63) is 78.3 Å². The van der Waals surface area contributed by atoms with Gasteiger partial charge in [-0.25, -0.2) is 5.43 Å². The zero-order valence-corrected chi connectivity index (χ0v) is 13.6. The number of carbonyl (C=O) groups is 1. The third-order valence-electron chi connectivity index (χ3n) is 3.31. The zero-order valence-electron chi connectivity index (χ0n) is 12.8. The average Bonchev–Trinajstić information content (AvgIpc) is 2.56. The number of nitro benzene ring substituents is 2. The number of carbonyl (C=O) groups excluding carboxylic acids is 1. The molecule has 0 heterocycles. The number of hydrogen-bond donors (Lipinski definition) is 1. The molecule has 0 aliphatic rings. The van der Waals surface area contributed by atoms with Crippen molar-refractivity contribution in [3.63, 3.8) is 0 Å². The predicted molar refractivity (Wildman–Crippen MR) is 91.0 cm³/mol. The maximum atomic E-state index is 12.1. The van der Waals surface area contributed by atoms with Crippen LogP contribution >= 0.6 is 11.6 Å². The van der Waals surface area contributed by atoms with E-state index < -0.39 is 15.8 Å². The molecule has 128 valence electrons. The third-order valence-corrected chi connectivity index (χ3v) is 3.65. The standard InChI is InChI=1S/C15H11ClN4O5/c1-9-12(3-2-4-14(9)20(24)25)15(21)18-17-8-10-7-11(19(22)23)5-6-13(10)16/h2-8H,1H3,(H,18,21)/b17-8-. The van der Waals surface area contributed by atoms with Crippen LogP contribution in [0.5, 0.6) is 0 Å². The van der Waals surface area contributed by atoms with E-state index in [1.165, 1.54) is 43.3 Å². The van der Waals surface area contributed by atoms with Crippen molar-refractivity contribution in [2.75, 3.05) is 0 Å². The molecule has 2 aromatic rings. The van der Waals surface area contributed by atoms with Crippen molar-refractivity contribution in [2.24, 2.45) is 5.10 Å². The average molecular weight is 363 g/mol. The molecule has 2 rings (SSSR count). The lowest BCUT2D eigenvalue weighted by Crippen LogP contribution is -2.19. The molecule has 1 N–H and O–H groups in total. The van der Waals surface area contributed by atoms with Gasteiger partial charge in [0, 0.05) is 34.3 Å².